The van der Waals surface area contributed by atoms with Gasteiger partial charge in [-0.2, -0.15) is 0 Å². The largest absolute Gasteiger partial charge is 0.380 e. The molecule has 3 N–H and O–H groups in total. The van der Waals surface area contributed by atoms with Crippen LogP contribution in [0, 0.1) is 5.41 Å². The van der Waals surface area contributed by atoms with Crippen molar-refractivity contribution in [1.82, 2.24) is 10.6 Å². The van der Waals surface area contributed by atoms with Crippen LogP contribution in [0.3, 0.4) is 0 Å². The maximum Gasteiger partial charge on any atom is 0.225 e. The second-order valence-electron chi connectivity index (χ2n) is 8.41. The molecule has 1 aliphatic rings. The predicted molar refractivity (Wildman–Crippen MR) is 117 cm³/mol. The van der Waals surface area contributed by atoms with Crippen molar-refractivity contribution in [2.45, 2.75) is 46.7 Å². The maximum atomic E-state index is 12.0. The standard InChI is InChI=1S/C23H30ClN3O/c1-23(2,3)22(28)27-15-17-6-4-16(5-7-17)14-26-21-19-11-13-25-12-10-18(19)8-9-20(21)24/h4-9,25-26H,10-15H2,1-3H3,(H,27,28). The number of nitrogens with one attached hydrogen (secondary N) is 3. The highest BCUT2D eigenvalue weighted by Gasteiger charge is 2.20. The van der Waals surface area contributed by atoms with Gasteiger partial charge in [-0.25, -0.2) is 0 Å². The summed E-state index contributed by atoms with van der Waals surface area (Å²) in [4.78, 5) is 12.0. The average molecular weight is 400 g/mol. The zero-order valence-electron chi connectivity index (χ0n) is 17.0. The van der Waals surface area contributed by atoms with Gasteiger partial charge in [0.25, 0.3) is 0 Å². The number of halogens is 1. The quantitative estimate of drug-likeness (QED) is 0.702. The normalized spacial score (nSPS) is 14.1. The van der Waals surface area contributed by atoms with Crippen molar-refractivity contribution in [3.05, 3.63) is 63.7 Å². The zero-order chi connectivity index (χ0) is 20.1. The maximum absolute atomic E-state index is 12.0. The molecule has 0 saturated heterocycles. The van der Waals surface area contributed by atoms with Gasteiger partial charge in [-0.3, -0.25) is 4.79 Å². The monoisotopic (exact) mass is 399 g/mol. The van der Waals surface area contributed by atoms with Crippen LogP contribution in [0.25, 0.3) is 0 Å². The van der Waals surface area contributed by atoms with Crippen LogP contribution < -0.4 is 16.0 Å². The summed E-state index contributed by atoms with van der Waals surface area (Å²) in [5.41, 5.74) is 5.68. The minimum Gasteiger partial charge on any atom is -0.380 e. The van der Waals surface area contributed by atoms with Crippen LogP contribution in [-0.4, -0.2) is 19.0 Å². The fourth-order valence-electron chi connectivity index (χ4n) is 3.35. The summed E-state index contributed by atoms with van der Waals surface area (Å²) < 4.78 is 0. The van der Waals surface area contributed by atoms with Gasteiger partial charge in [0.15, 0.2) is 0 Å². The van der Waals surface area contributed by atoms with E-state index in [1.165, 1.54) is 16.7 Å². The molecule has 1 amide bonds. The fraction of sp³-hybridized carbons (Fsp3) is 0.435. The van der Waals surface area contributed by atoms with Crippen molar-refractivity contribution in [2.24, 2.45) is 5.41 Å². The van der Waals surface area contributed by atoms with Crippen LogP contribution in [0.2, 0.25) is 5.02 Å². The van der Waals surface area contributed by atoms with Crippen LogP contribution in [0.4, 0.5) is 5.69 Å². The highest BCUT2D eigenvalue weighted by molar-refractivity contribution is 6.33. The van der Waals surface area contributed by atoms with E-state index in [1.54, 1.807) is 0 Å². The molecule has 0 atom stereocenters. The molecule has 0 spiro atoms. The van der Waals surface area contributed by atoms with Crippen molar-refractivity contribution < 1.29 is 4.79 Å². The number of benzene rings is 2. The summed E-state index contributed by atoms with van der Waals surface area (Å²) in [6.07, 6.45) is 2.03. The molecule has 0 aliphatic carbocycles. The molecule has 3 rings (SSSR count). The smallest absolute Gasteiger partial charge is 0.225 e. The molecule has 1 aliphatic heterocycles. The fourth-order valence-corrected chi connectivity index (χ4v) is 3.59. The molecule has 5 heteroatoms. The van der Waals surface area contributed by atoms with Crippen LogP contribution in [0.15, 0.2) is 36.4 Å². The molecular weight excluding hydrogens is 370 g/mol. The molecule has 0 aromatic heterocycles. The highest BCUT2D eigenvalue weighted by atomic mass is 35.5. The topological polar surface area (TPSA) is 53.2 Å². The van der Waals surface area contributed by atoms with Crippen LogP contribution in [0.1, 0.15) is 43.0 Å². The third-order valence-electron chi connectivity index (χ3n) is 5.11. The van der Waals surface area contributed by atoms with E-state index in [4.69, 9.17) is 11.6 Å². The number of rotatable bonds is 5. The van der Waals surface area contributed by atoms with E-state index in [2.05, 4.69) is 46.3 Å². The summed E-state index contributed by atoms with van der Waals surface area (Å²) in [6.45, 7) is 9.03. The van der Waals surface area contributed by atoms with Crippen molar-refractivity contribution in [2.75, 3.05) is 18.4 Å². The Morgan fingerprint density at radius 1 is 1.00 bits per heavy atom. The summed E-state index contributed by atoms with van der Waals surface area (Å²) in [5.74, 6) is 0.0622. The molecule has 2 aromatic rings. The molecule has 0 fully saturated rings. The summed E-state index contributed by atoms with van der Waals surface area (Å²) in [5, 5.41) is 10.8. The lowest BCUT2D eigenvalue weighted by Crippen LogP contribution is -2.34. The Bertz CT molecular complexity index is 825. The first-order chi connectivity index (χ1) is 13.3. The van der Waals surface area contributed by atoms with E-state index in [0.29, 0.717) is 6.54 Å². The van der Waals surface area contributed by atoms with Gasteiger partial charge in [-0.15, -0.1) is 0 Å². The van der Waals surface area contributed by atoms with E-state index >= 15 is 0 Å². The molecule has 150 valence electrons. The minimum atomic E-state index is -0.369. The van der Waals surface area contributed by atoms with E-state index in [9.17, 15) is 4.79 Å². The Morgan fingerprint density at radius 2 is 1.64 bits per heavy atom. The molecule has 4 nitrogen and oxygen atoms in total. The second kappa shape index (κ2) is 8.97. The predicted octanol–water partition coefficient (Wildman–Crippen LogP) is 4.30. The van der Waals surface area contributed by atoms with Gasteiger partial charge >= 0.3 is 0 Å². The van der Waals surface area contributed by atoms with Gasteiger partial charge in [0.2, 0.25) is 5.91 Å². The lowest BCUT2D eigenvalue weighted by Gasteiger charge is -2.18. The minimum absolute atomic E-state index is 0.0622. The third-order valence-corrected chi connectivity index (χ3v) is 5.42. The third kappa shape index (κ3) is 5.27. The lowest BCUT2D eigenvalue weighted by atomic mass is 9.95. The molecule has 0 radical (unpaired) electrons. The van der Waals surface area contributed by atoms with Crippen molar-refractivity contribution in [3.8, 4) is 0 Å². The van der Waals surface area contributed by atoms with E-state index in [-0.39, 0.29) is 11.3 Å². The number of anilines is 1. The second-order valence-corrected chi connectivity index (χ2v) is 8.82. The number of carbonyl (C=O) groups is 1. The van der Waals surface area contributed by atoms with Gasteiger partial charge in [0, 0.05) is 18.5 Å². The van der Waals surface area contributed by atoms with Crippen molar-refractivity contribution >= 4 is 23.2 Å². The van der Waals surface area contributed by atoms with Gasteiger partial charge in [0.1, 0.15) is 0 Å². The molecule has 0 bridgehead atoms. The Kier molecular flexibility index (Phi) is 6.63. The molecular formula is C23H30ClN3O. The molecule has 2 aromatic carbocycles. The zero-order valence-corrected chi connectivity index (χ0v) is 17.7. The number of hydrogen-bond donors (Lipinski definition) is 3. The van der Waals surface area contributed by atoms with E-state index in [0.717, 1.165) is 48.7 Å². The summed E-state index contributed by atoms with van der Waals surface area (Å²) in [6, 6.07) is 12.5. The van der Waals surface area contributed by atoms with Crippen LogP contribution in [-0.2, 0) is 30.7 Å². The van der Waals surface area contributed by atoms with Gasteiger partial charge < -0.3 is 16.0 Å². The average Bonchev–Trinajstić information content (AvgIpc) is 2.91. The SMILES string of the molecule is CC(C)(C)C(=O)NCc1ccc(CNc2c(Cl)ccc3c2CCNCC3)cc1. The Morgan fingerprint density at radius 3 is 2.32 bits per heavy atom. The Balaban J connectivity index is 1.62. The molecule has 28 heavy (non-hydrogen) atoms. The Labute approximate surface area is 173 Å². The van der Waals surface area contributed by atoms with Gasteiger partial charge in [-0.05, 0) is 54.3 Å². The number of carbonyl (C=O) groups excluding carboxylic acids is 1. The first-order valence-electron chi connectivity index (χ1n) is 9.95. The van der Waals surface area contributed by atoms with E-state index < -0.39 is 0 Å². The van der Waals surface area contributed by atoms with Gasteiger partial charge in [0.05, 0.1) is 10.7 Å². The van der Waals surface area contributed by atoms with Crippen LogP contribution in [0.5, 0.6) is 0 Å². The summed E-state index contributed by atoms with van der Waals surface area (Å²) in [7, 11) is 0. The summed E-state index contributed by atoms with van der Waals surface area (Å²) >= 11 is 6.49. The lowest BCUT2D eigenvalue weighted by molar-refractivity contribution is -0.128. The molecule has 0 saturated carbocycles. The number of amides is 1. The molecule has 0 unspecified atom stereocenters. The number of hydrogen-bond acceptors (Lipinski definition) is 3. The van der Waals surface area contributed by atoms with Gasteiger partial charge in [-0.1, -0.05) is 62.7 Å². The Hall–Kier alpha value is -2.04. The molecule has 1 heterocycles. The van der Waals surface area contributed by atoms with Crippen LogP contribution >= 0.6 is 11.6 Å². The van der Waals surface area contributed by atoms with Crippen molar-refractivity contribution in [1.29, 1.82) is 0 Å². The van der Waals surface area contributed by atoms with E-state index in [1.807, 2.05) is 26.8 Å². The highest BCUT2D eigenvalue weighted by Crippen LogP contribution is 2.31. The van der Waals surface area contributed by atoms with Crippen molar-refractivity contribution in [3.63, 3.8) is 0 Å². The number of fused-ring (bicyclic) bond motifs is 1. The first kappa shape index (κ1) is 20.7. The first-order valence-corrected chi connectivity index (χ1v) is 10.3.